The van der Waals surface area contributed by atoms with Crippen molar-refractivity contribution in [2.24, 2.45) is 4.99 Å². The number of methoxy groups -OCH3 is 1. The molecule has 6 nitrogen and oxygen atoms in total. The minimum absolute atomic E-state index is 0.0401. The summed E-state index contributed by atoms with van der Waals surface area (Å²) in [6.07, 6.45) is 22.7. The van der Waals surface area contributed by atoms with Gasteiger partial charge in [0.2, 0.25) is 0 Å². The summed E-state index contributed by atoms with van der Waals surface area (Å²) in [6.45, 7) is 8.23. The smallest absolute Gasteiger partial charge is 0.293 e. The molecule has 0 spiro atoms. The number of aromatic hydroxyl groups is 2. The Hall–Kier alpha value is -2.24. The van der Waals surface area contributed by atoms with E-state index in [1.165, 1.54) is 84.2 Å². The number of unbranched alkanes of at least 4 members (excludes halogenated alkanes) is 14. The maximum atomic E-state index is 11.0. The normalized spacial score (nSPS) is 11.8. The van der Waals surface area contributed by atoms with Crippen LogP contribution in [0.3, 0.4) is 0 Å². The van der Waals surface area contributed by atoms with Crippen LogP contribution in [-0.2, 0) is 16.0 Å². The van der Waals surface area contributed by atoms with Gasteiger partial charge in [0.1, 0.15) is 17.0 Å². The van der Waals surface area contributed by atoms with Crippen LogP contribution in [0.5, 0.6) is 17.2 Å². The SMILES string of the molecule is CCCCCCCCCCCCCCCCc1c(O)c(N=CCCCC(C)(C)OC=O)c(C)c(O)c1OC. The molecule has 1 aromatic carbocycles. The molecular weight excluding hydrogens is 478 g/mol. The second kappa shape index (κ2) is 19.8. The number of ether oxygens (including phenoxy) is 2. The van der Waals surface area contributed by atoms with Gasteiger partial charge in [-0.3, -0.25) is 9.79 Å². The predicted octanol–water partition coefficient (Wildman–Crippen LogP) is 9.26. The molecule has 0 saturated heterocycles. The van der Waals surface area contributed by atoms with Crippen LogP contribution in [0.15, 0.2) is 4.99 Å². The molecule has 0 atom stereocenters. The summed E-state index contributed by atoms with van der Waals surface area (Å²) < 4.78 is 10.5. The highest BCUT2D eigenvalue weighted by Crippen LogP contribution is 2.47. The van der Waals surface area contributed by atoms with Gasteiger partial charge in [0, 0.05) is 17.3 Å². The number of aliphatic imine (C=N–C) groups is 1. The van der Waals surface area contributed by atoms with E-state index in [2.05, 4.69) is 11.9 Å². The van der Waals surface area contributed by atoms with Gasteiger partial charge < -0.3 is 19.7 Å². The Kier molecular flexibility index (Phi) is 17.6. The van der Waals surface area contributed by atoms with Crippen LogP contribution in [0, 0.1) is 6.92 Å². The van der Waals surface area contributed by atoms with Crippen molar-refractivity contribution < 1.29 is 24.5 Å². The Morgan fingerprint density at radius 1 is 0.816 bits per heavy atom. The highest BCUT2D eigenvalue weighted by atomic mass is 16.5. The first kappa shape index (κ1) is 33.8. The van der Waals surface area contributed by atoms with Gasteiger partial charge in [-0.15, -0.1) is 0 Å². The molecular formula is C32H55NO5. The minimum Gasteiger partial charge on any atom is -0.505 e. The van der Waals surface area contributed by atoms with Gasteiger partial charge in [0.15, 0.2) is 11.5 Å². The van der Waals surface area contributed by atoms with Crippen LogP contribution < -0.4 is 4.74 Å². The quantitative estimate of drug-likeness (QED) is 0.0633. The van der Waals surface area contributed by atoms with Gasteiger partial charge in [-0.1, -0.05) is 90.4 Å². The summed E-state index contributed by atoms with van der Waals surface area (Å²) in [7, 11) is 1.52. The highest BCUT2D eigenvalue weighted by Gasteiger charge is 2.22. The molecule has 0 saturated carbocycles. The molecule has 0 aliphatic rings. The van der Waals surface area contributed by atoms with E-state index >= 15 is 0 Å². The van der Waals surface area contributed by atoms with Crippen LogP contribution in [0.25, 0.3) is 0 Å². The molecule has 1 rings (SSSR count). The first-order valence-electron chi connectivity index (χ1n) is 15.0. The summed E-state index contributed by atoms with van der Waals surface area (Å²) in [5.74, 6) is 0.479. The van der Waals surface area contributed by atoms with Crippen molar-refractivity contribution in [3.8, 4) is 17.2 Å². The summed E-state index contributed by atoms with van der Waals surface area (Å²) in [5, 5.41) is 21.7. The fourth-order valence-corrected chi connectivity index (χ4v) is 4.92. The van der Waals surface area contributed by atoms with E-state index < -0.39 is 5.60 Å². The number of carbonyl (C=O) groups excluding carboxylic acids is 1. The maximum Gasteiger partial charge on any atom is 0.293 e. The van der Waals surface area contributed by atoms with Crippen LogP contribution >= 0.6 is 0 Å². The fraction of sp³-hybridized carbons (Fsp3) is 0.750. The number of hydrogen-bond acceptors (Lipinski definition) is 6. The Morgan fingerprint density at radius 3 is 1.84 bits per heavy atom. The molecule has 0 bridgehead atoms. The average molecular weight is 534 g/mol. The van der Waals surface area contributed by atoms with Gasteiger partial charge in [0.05, 0.1) is 7.11 Å². The number of phenolic OH excluding ortho intramolecular Hbond substituents is 2. The molecule has 2 N–H and O–H groups in total. The molecule has 1 aromatic rings. The van der Waals surface area contributed by atoms with Crippen molar-refractivity contribution in [1.29, 1.82) is 0 Å². The number of phenols is 2. The zero-order valence-corrected chi connectivity index (χ0v) is 24.9. The second-order valence-corrected chi connectivity index (χ2v) is 11.2. The third kappa shape index (κ3) is 13.0. The molecule has 218 valence electrons. The lowest BCUT2D eigenvalue weighted by Gasteiger charge is -2.21. The van der Waals surface area contributed by atoms with Gasteiger partial charge in [-0.2, -0.15) is 0 Å². The van der Waals surface area contributed by atoms with Crippen LogP contribution in [0.2, 0.25) is 0 Å². The molecule has 0 aromatic heterocycles. The van der Waals surface area contributed by atoms with E-state index in [-0.39, 0.29) is 11.5 Å². The maximum absolute atomic E-state index is 11.0. The third-order valence-corrected chi connectivity index (χ3v) is 7.39. The van der Waals surface area contributed by atoms with Crippen molar-refractivity contribution in [2.45, 2.75) is 149 Å². The Morgan fingerprint density at radius 2 is 1.34 bits per heavy atom. The number of rotatable bonds is 23. The van der Waals surface area contributed by atoms with E-state index in [1.54, 1.807) is 13.1 Å². The molecule has 38 heavy (non-hydrogen) atoms. The Labute approximate surface area is 232 Å². The van der Waals surface area contributed by atoms with Gasteiger partial charge in [-0.05, 0) is 52.9 Å². The number of carbonyl (C=O) groups is 1. The summed E-state index contributed by atoms with van der Waals surface area (Å²) >= 11 is 0. The monoisotopic (exact) mass is 533 g/mol. The average Bonchev–Trinajstić information content (AvgIpc) is 2.88. The summed E-state index contributed by atoms with van der Waals surface area (Å²) in [5.41, 5.74) is 1.02. The molecule has 0 aliphatic carbocycles. The van der Waals surface area contributed by atoms with Gasteiger partial charge in [-0.25, -0.2) is 0 Å². The highest BCUT2D eigenvalue weighted by molar-refractivity contribution is 5.75. The molecule has 0 heterocycles. The largest absolute Gasteiger partial charge is 0.505 e. The predicted molar refractivity (Wildman–Crippen MR) is 158 cm³/mol. The van der Waals surface area contributed by atoms with Gasteiger partial charge >= 0.3 is 0 Å². The first-order chi connectivity index (χ1) is 18.3. The van der Waals surface area contributed by atoms with E-state index in [0.717, 1.165) is 19.3 Å². The molecule has 0 fully saturated rings. The van der Waals surface area contributed by atoms with Crippen molar-refractivity contribution in [3.63, 3.8) is 0 Å². The lowest BCUT2D eigenvalue weighted by molar-refractivity contribution is -0.140. The molecule has 0 aliphatic heterocycles. The molecule has 0 unspecified atom stereocenters. The molecule has 0 radical (unpaired) electrons. The third-order valence-electron chi connectivity index (χ3n) is 7.39. The standard InChI is InChI=1S/C32H55NO5/c1-6-7-8-9-10-11-12-13-14-15-16-17-18-19-22-27-30(36)28(26(2)29(35)31(27)37-5)33-24-21-20-23-32(3,4)38-25-34/h24-25,35-36H,6-23H2,1-5H3. The zero-order valence-electron chi connectivity index (χ0n) is 24.9. The van der Waals surface area contributed by atoms with Crippen LogP contribution in [0.1, 0.15) is 141 Å². The van der Waals surface area contributed by atoms with Crippen molar-refractivity contribution in [2.75, 3.05) is 7.11 Å². The summed E-state index contributed by atoms with van der Waals surface area (Å²) in [4.78, 5) is 15.1. The minimum atomic E-state index is -0.507. The van der Waals surface area contributed by atoms with E-state index in [1.807, 2.05) is 13.8 Å². The number of hydrogen-bond donors (Lipinski definition) is 2. The summed E-state index contributed by atoms with van der Waals surface area (Å²) in [6, 6.07) is 0. The van der Waals surface area contributed by atoms with Crippen LogP contribution in [-0.4, -0.2) is 35.6 Å². The van der Waals surface area contributed by atoms with E-state index in [4.69, 9.17) is 9.47 Å². The lowest BCUT2D eigenvalue weighted by Crippen LogP contribution is -2.23. The fourth-order valence-electron chi connectivity index (χ4n) is 4.92. The van der Waals surface area contributed by atoms with Crippen molar-refractivity contribution in [1.82, 2.24) is 0 Å². The lowest BCUT2D eigenvalue weighted by atomic mass is 9.99. The van der Waals surface area contributed by atoms with Crippen molar-refractivity contribution >= 4 is 18.4 Å². The van der Waals surface area contributed by atoms with E-state index in [9.17, 15) is 15.0 Å². The Balaban J connectivity index is 2.46. The Bertz CT molecular complexity index is 819. The molecule has 0 amide bonds. The van der Waals surface area contributed by atoms with Gasteiger partial charge in [0.25, 0.3) is 6.47 Å². The number of benzene rings is 1. The first-order valence-corrected chi connectivity index (χ1v) is 15.0. The van der Waals surface area contributed by atoms with Crippen molar-refractivity contribution in [3.05, 3.63) is 11.1 Å². The number of nitrogens with zero attached hydrogens (tertiary/aromatic N) is 1. The van der Waals surface area contributed by atoms with E-state index in [0.29, 0.717) is 48.3 Å². The second-order valence-electron chi connectivity index (χ2n) is 11.2. The molecule has 6 heteroatoms. The zero-order chi connectivity index (χ0) is 28.2. The topological polar surface area (TPSA) is 88.4 Å². The van der Waals surface area contributed by atoms with Crippen LogP contribution in [0.4, 0.5) is 5.69 Å².